The van der Waals surface area contributed by atoms with Crippen molar-refractivity contribution in [2.24, 2.45) is 0 Å². The summed E-state index contributed by atoms with van der Waals surface area (Å²) in [5, 5.41) is 0.512. The number of halogens is 1. The molecule has 116 valence electrons. The molecule has 0 aliphatic carbocycles. The predicted molar refractivity (Wildman–Crippen MR) is 93.6 cm³/mol. The van der Waals surface area contributed by atoms with E-state index in [9.17, 15) is 4.79 Å². The lowest BCUT2D eigenvalue weighted by atomic mass is 9.69. The van der Waals surface area contributed by atoms with E-state index in [4.69, 9.17) is 16.3 Å². The molecule has 2 aromatic rings. The number of para-hydroxylation sites is 1. The van der Waals surface area contributed by atoms with Crippen molar-refractivity contribution in [3.05, 3.63) is 83.9 Å². The van der Waals surface area contributed by atoms with Gasteiger partial charge in [-0.15, -0.1) is 13.2 Å². The minimum absolute atomic E-state index is 0.0141. The molecule has 0 saturated heterocycles. The van der Waals surface area contributed by atoms with Gasteiger partial charge in [0.05, 0.1) is 11.0 Å². The van der Waals surface area contributed by atoms with Crippen LogP contribution in [0.3, 0.4) is 0 Å². The fourth-order valence-corrected chi connectivity index (χ4v) is 3.37. The first-order valence-corrected chi connectivity index (χ1v) is 7.83. The summed E-state index contributed by atoms with van der Waals surface area (Å²) >= 11 is 6.11. The summed E-state index contributed by atoms with van der Waals surface area (Å²) in [5.41, 5.74) is 0.588. The van der Waals surface area contributed by atoms with Crippen LogP contribution in [0, 0.1) is 0 Å². The van der Waals surface area contributed by atoms with Crippen molar-refractivity contribution in [1.82, 2.24) is 0 Å². The number of hydrogen-bond acceptors (Lipinski definition) is 2. The molecule has 0 bridgehead atoms. The summed E-state index contributed by atoms with van der Waals surface area (Å²) < 4.78 is 6.03. The minimum Gasteiger partial charge on any atom is -0.456 e. The third-order valence-corrected chi connectivity index (χ3v) is 4.46. The van der Waals surface area contributed by atoms with E-state index in [1.165, 1.54) is 0 Å². The van der Waals surface area contributed by atoms with Crippen LogP contribution >= 0.6 is 11.6 Å². The van der Waals surface area contributed by atoms with Crippen LogP contribution in [0.15, 0.2) is 67.8 Å². The lowest BCUT2D eigenvalue weighted by Crippen LogP contribution is -2.34. The molecule has 0 amide bonds. The van der Waals surface area contributed by atoms with E-state index in [1.54, 1.807) is 30.4 Å². The van der Waals surface area contributed by atoms with Crippen LogP contribution in [0.4, 0.5) is 0 Å². The van der Waals surface area contributed by atoms with Gasteiger partial charge < -0.3 is 4.74 Å². The number of ether oxygens (including phenoxy) is 1. The van der Waals surface area contributed by atoms with E-state index in [2.05, 4.69) is 13.2 Å². The van der Waals surface area contributed by atoms with Gasteiger partial charge in [-0.05, 0) is 37.1 Å². The first kappa shape index (κ1) is 15.6. The highest BCUT2D eigenvalue weighted by atomic mass is 35.5. The van der Waals surface area contributed by atoms with Crippen LogP contribution in [0.1, 0.15) is 28.8 Å². The molecular formula is C20H17ClO2. The lowest BCUT2D eigenvalue weighted by molar-refractivity contribution is 0.0886. The van der Waals surface area contributed by atoms with Gasteiger partial charge in [0, 0.05) is 10.6 Å². The smallest absolute Gasteiger partial charge is 0.177 e. The fraction of sp³-hybridized carbons (Fsp3) is 0.150. The van der Waals surface area contributed by atoms with Crippen molar-refractivity contribution in [1.29, 1.82) is 0 Å². The average Bonchev–Trinajstić information content (AvgIpc) is 2.64. The van der Waals surface area contributed by atoms with Gasteiger partial charge >= 0.3 is 0 Å². The maximum atomic E-state index is 13.4. The Morgan fingerprint density at radius 1 is 1.04 bits per heavy atom. The number of fused-ring (bicyclic) bond motifs is 2. The van der Waals surface area contributed by atoms with E-state index in [0.717, 1.165) is 5.56 Å². The third kappa shape index (κ3) is 2.49. The first-order valence-electron chi connectivity index (χ1n) is 7.46. The Morgan fingerprint density at radius 3 is 2.43 bits per heavy atom. The molecule has 1 aliphatic heterocycles. The molecule has 0 N–H and O–H groups in total. The number of carbonyl (C=O) groups excluding carboxylic acids is 1. The van der Waals surface area contributed by atoms with Gasteiger partial charge in [0.1, 0.15) is 11.5 Å². The SMILES string of the molecule is C=CCC1(CC=C)C(=O)c2cc(Cl)ccc2Oc2ccccc21. The van der Waals surface area contributed by atoms with Crippen molar-refractivity contribution in [3.63, 3.8) is 0 Å². The normalized spacial score (nSPS) is 14.9. The van der Waals surface area contributed by atoms with E-state index in [-0.39, 0.29) is 5.78 Å². The number of Topliss-reactive ketones (excluding diaryl/α,β-unsaturated/α-hetero) is 1. The Balaban J connectivity index is 2.34. The third-order valence-electron chi connectivity index (χ3n) is 4.23. The fourth-order valence-electron chi connectivity index (χ4n) is 3.20. The average molecular weight is 325 g/mol. The van der Waals surface area contributed by atoms with Gasteiger partial charge in [-0.2, -0.15) is 0 Å². The number of rotatable bonds is 4. The van der Waals surface area contributed by atoms with Gasteiger partial charge in [-0.3, -0.25) is 4.79 Å². The maximum Gasteiger partial charge on any atom is 0.177 e. The molecule has 0 fully saturated rings. The van der Waals surface area contributed by atoms with E-state index in [1.807, 2.05) is 24.3 Å². The van der Waals surface area contributed by atoms with E-state index >= 15 is 0 Å². The van der Waals surface area contributed by atoms with Crippen molar-refractivity contribution in [3.8, 4) is 11.5 Å². The molecule has 2 aromatic carbocycles. The molecule has 1 heterocycles. The standard InChI is InChI=1S/C20H17ClO2/c1-3-11-20(12-4-2)16-7-5-6-8-18(16)23-17-10-9-14(21)13-15(17)19(20)22/h3-10,13H,1-2,11-12H2. The molecule has 2 nitrogen and oxygen atoms in total. The molecular weight excluding hydrogens is 308 g/mol. The van der Waals surface area contributed by atoms with Crippen molar-refractivity contribution >= 4 is 17.4 Å². The number of carbonyl (C=O) groups is 1. The van der Waals surface area contributed by atoms with Gasteiger partial charge in [-0.25, -0.2) is 0 Å². The Labute approximate surface area is 141 Å². The highest BCUT2D eigenvalue weighted by Crippen LogP contribution is 2.47. The summed E-state index contributed by atoms with van der Waals surface area (Å²) in [6.07, 6.45) is 4.55. The number of allylic oxidation sites excluding steroid dienone is 2. The molecule has 0 spiro atoms. The van der Waals surface area contributed by atoms with Crippen LogP contribution in [0.2, 0.25) is 5.02 Å². The summed E-state index contributed by atoms with van der Waals surface area (Å²) in [6.45, 7) is 7.68. The maximum absolute atomic E-state index is 13.4. The molecule has 0 atom stereocenters. The topological polar surface area (TPSA) is 26.3 Å². The lowest BCUT2D eigenvalue weighted by Gasteiger charge is -2.30. The second kappa shape index (κ2) is 6.05. The van der Waals surface area contributed by atoms with Crippen LogP contribution in [-0.2, 0) is 5.41 Å². The zero-order valence-corrected chi connectivity index (χ0v) is 13.5. The monoisotopic (exact) mass is 324 g/mol. The molecule has 3 heteroatoms. The summed E-state index contributed by atoms with van der Waals surface area (Å²) in [5.74, 6) is 1.20. The van der Waals surface area contributed by atoms with Crippen LogP contribution in [-0.4, -0.2) is 5.78 Å². The second-order valence-electron chi connectivity index (χ2n) is 5.64. The van der Waals surface area contributed by atoms with Gasteiger partial charge in [0.25, 0.3) is 0 Å². The van der Waals surface area contributed by atoms with Crippen LogP contribution in [0.5, 0.6) is 11.5 Å². The predicted octanol–water partition coefficient (Wildman–Crippen LogP) is 5.72. The Bertz CT molecular complexity index is 782. The summed E-state index contributed by atoms with van der Waals surface area (Å²) in [7, 11) is 0. The zero-order valence-electron chi connectivity index (χ0n) is 12.7. The summed E-state index contributed by atoms with van der Waals surface area (Å²) in [4.78, 5) is 13.4. The van der Waals surface area contributed by atoms with Crippen molar-refractivity contribution < 1.29 is 9.53 Å². The first-order chi connectivity index (χ1) is 11.1. The number of ketones is 1. The summed E-state index contributed by atoms with van der Waals surface area (Å²) in [6, 6.07) is 12.8. The Kier molecular flexibility index (Phi) is 4.10. The van der Waals surface area contributed by atoms with Gasteiger partial charge in [0.2, 0.25) is 0 Å². The molecule has 0 aromatic heterocycles. The van der Waals surface area contributed by atoms with Gasteiger partial charge in [0.15, 0.2) is 5.78 Å². The molecule has 1 aliphatic rings. The highest BCUT2D eigenvalue weighted by molar-refractivity contribution is 6.31. The molecule has 0 saturated carbocycles. The van der Waals surface area contributed by atoms with Crippen LogP contribution in [0.25, 0.3) is 0 Å². The Morgan fingerprint density at radius 2 is 1.74 bits per heavy atom. The van der Waals surface area contributed by atoms with E-state index < -0.39 is 5.41 Å². The molecule has 0 radical (unpaired) electrons. The largest absolute Gasteiger partial charge is 0.456 e. The van der Waals surface area contributed by atoms with Crippen molar-refractivity contribution in [2.75, 3.05) is 0 Å². The van der Waals surface area contributed by atoms with E-state index in [0.29, 0.717) is 34.9 Å². The van der Waals surface area contributed by atoms with Crippen LogP contribution < -0.4 is 4.74 Å². The number of hydrogen-bond donors (Lipinski definition) is 0. The molecule has 23 heavy (non-hydrogen) atoms. The highest BCUT2D eigenvalue weighted by Gasteiger charge is 2.43. The number of benzene rings is 2. The van der Waals surface area contributed by atoms with Crippen molar-refractivity contribution in [2.45, 2.75) is 18.3 Å². The zero-order chi connectivity index (χ0) is 16.4. The minimum atomic E-state index is -0.768. The Hall–Kier alpha value is -2.32. The second-order valence-corrected chi connectivity index (χ2v) is 6.07. The molecule has 0 unspecified atom stereocenters. The van der Waals surface area contributed by atoms with Gasteiger partial charge in [-0.1, -0.05) is 42.0 Å². The quantitative estimate of drug-likeness (QED) is 0.672. The molecule has 3 rings (SSSR count).